The molecule has 3 rings (SSSR count). The molecule has 162 valence electrons. The van der Waals surface area contributed by atoms with Crippen LogP contribution in [0.3, 0.4) is 0 Å². The first kappa shape index (κ1) is 22.1. The predicted molar refractivity (Wildman–Crippen MR) is 115 cm³/mol. The number of ether oxygens (including phenoxy) is 3. The summed E-state index contributed by atoms with van der Waals surface area (Å²) >= 11 is 1.50. The molecule has 0 aliphatic rings. The summed E-state index contributed by atoms with van der Waals surface area (Å²) in [5.41, 5.74) is 0.650. The standard InChI is InChI=1S/C22H21NO7S/c1-12-8-14(13(2)31-12)17(24)11-30-22(26)15-9-19(27-3)20(28-4)10-16(15)23-21(25)18-6-5-7-29-18/h5-10H,11H2,1-4H3,(H,23,25). The Hall–Kier alpha value is -3.59. The van der Waals surface area contributed by atoms with Gasteiger partial charge in [-0.25, -0.2) is 4.79 Å². The number of hydrogen-bond donors (Lipinski definition) is 1. The molecule has 0 atom stereocenters. The molecule has 0 saturated heterocycles. The quantitative estimate of drug-likeness (QED) is 0.410. The topological polar surface area (TPSA) is 104 Å². The number of ketones is 1. The Bertz CT molecular complexity index is 1120. The fourth-order valence-electron chi connectivity index (χ4n) is 2.94. The van der Waals surface area contributed by atoms with Crippen molar-refractivity contribution in [2.45, 2.75) is 13.8 Å². The Morgan fingerprint density at radius 2 is 1.74 bits per heavy atom. The highest BCUT2D eigenvalue weighted by Crippen LogP contribution is 2.34. The van der Waals surface area contributed by atoms with Gasteiger partial charge in [-0.2, -0.15) is 0 Å². The maximum atomic E-state index is 12.8. The fourth-order valence-corrected chi connectivity index (χ4v) is 3.88. The van der Waals surface area contributed by atoms with E-state index in [0.29, 0.717) is 11.3 Å². The lowest BCUT2D eigenvalue weighted by molar-refractivity contribution is 0.0475. The van der Waals surface area contributed by atoms with Crippen molar-refractivity contribution in [1.29, 1.82) is 0 Å². The zero-order valence-electron chi connectivity index (χ0n) is 17.4. The summed E-state index contributed by atoms with van der Waals surface area (Å²) in [7, 11) is 2.84. The summed E-state index contributed by atoms with van der Waals surface area (Å²) in [6.45, 7) is 3.30. The van der Waals surface area contributed by atoms with E-state index in [1.165, 1.54) is 50.0 Å². The molecule has 0 fully saturated rings. The van der Waals surface area contributed by atoms with Crippen LogP contribution in [0, 0.1) is 13.8 Å². The number of rotatable bonds is 8. The molecule has 0 unspecified atom stereocenters. The van der Waals surface area contributed by atoms with Gasteiger partial charge in [0.1, 0.15) is 0 Å². The number of esters is 1. The van der Waals surface area contributed by atoms with Crippen LogP contribution in [0.1, 0.15) is 41.0 Å². The summed E-state index contributed by atoms with van der Waals surface area (Å²) in [4.78, 5) is 39.5. The van der Waals surface area contributed by atoms with E-state index in [0.717, 1.165) is 9.75 Å². The maximum absolute atomic E-state index is 12.8. The monoisotopic (exact) mass is 443 g/mol. The van der Waals surface area contributed by atoms with Crippen LogP contribution in [-0.4, -0.2) is 38.5 Å². The molecule has 1 amide bonds. The maximum Gasteiger partial charge on any atom is 0.340 e. The molecule has 0 spiro atoms. The third kappa shape index (κ3) is 4.95. The Labute approximate surface area is 182 Å². The van der Waals surface area contributed by atoms with Gasteiger partial charge in [0.2, 0.25) is 5.78 Å². The van der Waals surface area contributed by atoms with Gasteiger partial charge in [-0.3, -0.25) is 9.59 Å². The SMILES string of the molecule is COc1cc(NC(=O)c2ccco2)c(C(=O)OCC(=O)c2cc(C)sc2C)cc1OC. The van der Waals surface area contributed by atoms with Crippen molar-refractivity contribution in [3.05, 3.63) is 63.2 Å². The first-order valence-corrected chi connectivity index (χ1v) is 10.0. The molecule has 2 aromatic heterocycles. The average Bonchev–Trinajstić information content (AvgIpc) is 3.41. The van der Waals surface area contributed by atoms with Crippen molar-refractivity contribution >= 4 is 34.7 Å². The van der Waals surface area contributed by atoms with E-state index >= 15 is 0 Å². The lowest BCUT2D eigenvalue weighted by Crippen LogP contribution is -2.18. The molecule has 1 N–H and O–H groups in total. The molecule has 8 nitrogen and oxygen atoms in total. The molecular weight excluding hydrogens is 422 g/mol. The molecule has 0 aliphatic carbocycles. The highest BCUT2D eigenvalue weighted by Gasteiger charge is 2.22. The van der Waals surface area contributed by atoms with Gasteiger partial charge in [-0.15, -0.1) is 11.3 Å². The zero-order valence-corrected chi connectivity index (χ0v) is 18.3. The van der Waals surface area contributed by atoms with Crippen molar-refractivity contribution in [2.24, 2.45) is 0 Å². The third-order valence-electron chi connectivity index (χ3n) is 4.41. The largest absolute Gasteiger partial charge is 0.493 e. The highest BCUT2D eigenvalue weighted by atomic mass is 32.1. The van der Waals surface area contributed by atoms with E-state index in [4.69, 9.17) is 18.6 Å². The van der Waals surface area contributed by atoms with E-state index < -0.39 is 18.5 Å². The van der Waals surface area contributed by atoms with Crippen LogP contribution in [-0.2, 0) is 4.74 Å². The fraction of sp³-hybridized carbons (Fsp3) is 0.227. The molecule has 9 heteroatoms. The normalized spacial score (nSPS) is 10.5. The number of Topliss-reactive ketones (excluding diaryl/α,β-unsaturated/α-hetero) is 1. The number of benzene rings is 1. The minimum Gasteiger partial charge on any atom is -0.493 e. The van der Waals surface area contributed by atoms with Gasteiger partial charge in [0.25, 0.3) is 5.91 Å². The van der Waals surface area contributed by atoms with Crippen LogP contribution >= 0.6 is 11.3 Å². The van der Waals surface area contributed by atoms with Crippen LogP contribution < -0.4 is 14.8 Å². The number of aryl methyl sites for hydroxylation is 2. The molecular formula is C22H21NO7S. The highest BCUT2D eigenvalue weighted by molar-refractivity contribution is 7.12. The zero-order chi connectivity index (χ0) is 22.5. The number of nitrogens with one attached hydrogen (secondary N) is 1. The minimum absolute atomic E-state index is 0.00331. The van der Waals surface area contributed by atoms with Crippen LogP contribution in [0.5, 0.6) is 11.5 Å². The van der Waals surface area contributed by atoms with E-state index in [-0.39, 0.29) is 28.5 Å². The predicted octanol–water partition coefficient (Wildman–Crippen LogP) is 4.27. The van der Waals surface area contributed by atoms with E-state index in [9.17, 15) is 14.4 Å². The second-order valence-electron chi connectivity index (χ2n) is 6.51. The van der Waals surface area contributed by atoms with Crippen LogP contribution in [0.15, 0.2) is 41.0 Å². The lowest BCUT2D eigenvalue weighted by atomic mass is 10.1. The van der Waals surface area contributed by atoms with E-state index in [1.807, 2.05) is 13.8 Å². The van der Waals surface area contributed by atoms with Gasteiger partial charge >= 0.3 is 5.97 Å². The summed E-state index contributed by atoms with van der Waals surface area (Å²) < 4.78 is 20.8. The second-order valence-corrected chi connectivity index (χ2v) is 7.97. The average molecular weight is 443 g/mol. The molecule has 3 aromatic rings. The first-order valence-electron chi connectivity index (χ1n) is 9.22. The second kappa shape index (κ2) is 9.48. The smallest absolute Gasteiger partial charge is 0.340 e. The number of methoxy groups -OCH3 is 2. The molecule has 2 heterocycles. The van der Waals surface area contributed by atoms with Gasteiger partial charge in [0.15, 0.2) is 23.9 Å². The van der Waals surface area contributed by atoms with Crippen LogP contribution in [0.2, 0.25) is 0 Å². The van der Waals surface area contributed by atoms with Crippen molar-refractivity contribution in [3.8, 4) is 11.5 Å². The summed E-state index contributed by atoms with van der Waals surface area (Å²) in [6, 6.07) is 7.63. The molecule has 1 aromatic carbocycles. The Kier molecular flexibility index (Phi) is 6.76. The number of hydrogen-bond acceptors (Lipinski definition) is 8. The van der Waals surface area contributed by atoms with Gasteiger partial charge in [0.05, 0.1) is 31.7 Å². The van der Waals surface area contributed by atoms with Crippen LogP contribution in [0.25, 0.3) is 0 Å². The van der Waals surface area contributed by atoms with E-state index in [1.54, 1.807) is 12.1 Å². The van der Waals surface area contributed by atoms with Crippen molar-refractivity contribution in [1.82, 2.24) is 0 Å². The summed E-state index contributed by atoms with van der Waals surface area (Å²) in [5, 5.41) is 2.60. The van der Waals surface area contributed by atoms with Gasteiger partial charge < -0.3 is 23.9 Å². The number of anilines is 1. The number of furan rings is 1. The number of amides is 1. The molecule has 0 radical (unpaired) electrons. The van der Waals surface area contributed by atoms with E-state index in [2.05, 4.69) is 5.32 Å². The van der Waals surface area contributed by atoms with Crippen molar-refractivity contribution in [2.75, 3.05) is 26.1 Å². The van der Waals surface area contributed by atoms with Gasteiger partial charge in [-0.05, 0) is 32.0 Å². The third-order valence-corrected chi connectivity index (χ3v) is 5.38. The summed E-state index contributed by atoms with van der Waals surface area (Å²) in [6.07, 6.45) is 1.36. The Morgan fingerprint density at radius 1 is 1.03 bits per heavy atom. The number of thiophene rings is 1. The van der Waals surface area contributed by atoms with Crippen molar-refractivity contribution in [3.63, 3.8) is 0 Å². The Balaban J connectivity index is 1.85. The summed E-state index contributed by atoms with van der Waals surface area (Å²) in [5.74, 6) is -1.04. The molecule has 0 bridgehead atoms. The van der Waals surface area contributed by atoms with Gasteiger partial charge in [0, 0.05) is 27.5 Å². The molecule has 31 heavy (non-hydrogen) atoms. The minimum atomic E-state index is -0.798. The number of carbonyl (C=O) groups excluding carboxylic acids is 3. The van der Waals surface area contributed by atoms with Crippen LogP contribution in [0.4, 0.5) is 5.69 Å². The first-order chi connectivity index (χ1) is 14.8. The van der Waals surface area contributed by atoms with Gasteiger partial charge in [-0.1, -0.05) is 0 Å². The number of carbonyl (C=O) groups is 3. The lowest BCUT2D eigenvalue weighted by Gasteiger charge is -2.15. The Morgan fingerprint density at radius 3 is 2.32 bits per heavy atom. The van der Waals surface area contributed by atoms with Crippen molar-refractivity contribution < 1.29 is 33.0 Å². The molecule has 0 saturated carbocycles. The molecule has 0 aliphatic heterocycles.